The molecule has 0 aliphatic carbocycles. The van der Waals surface area contributed by atoms with E-state index in [1.807, 2.05) is 42.5 Å². The van der Waals surface area contributed by atoms with Crippen LogP contribution in [-0.2, 0) is 0 Å². The molecule has 1 heteroatoms. The Labute approximate surface area is 89.9 Å². The maximum Gasteiger partial charge on any atom is 0.0314 e. The minimum Gasteiger partial charge on any atom is -0.399 e. The summed E-state index contributed by atoms with van der Waals surface area (Å²) in [5.41, 5.74) is 9.68. The number of benzene rings is 2. The van der Waals surface area contributed by atoms with Crippen molar-refractivity contribution in [2.24, 2.45) is 0 Å². The van der Waals surface area contributed by atoms with Crippen molar-refractivity contribution in [3.8, 4) is 0 Å². The molecule has 0 aliphatic rings. The van der Waals surface area contributed by atoms with Crippen molar-refractivity contribution in [1.29, 1.82) is 0 Å². The van der Waals surface area contributed by atoms with Crippen LogP contribution in [0, 0.1) is 0 Å². The highest BCUT2D eigenvalue weighted by Crippen LogP contribution is 2.21. The van der Waals surface area contributed by atoms with Gasteiger partial charge in [-0.1, -0.05) is 49.0 Å². The van der Waals surface area contributed by atoms with Crippen molar-refractivity contribution in [1.82, 2.24) is 0 Å². The average molecular weight is 195 g/mol. The summed E-state index contributed by atoms with van der Waals surface area (Å²) in [5.74, 6) is 0. The van der Waals surface area contributed by atoms with E-state index in [0.717, 1.165) is 22.4 Å². The molecule has 0 atom stereocenters. The van der Waals surface area contributed by atoms with E-state index < -0.39 is 0 Å². The lowest BCUT2D eigenvalue weighted by Gasteiger charge is -2.06. The van der Waals surface area contributed by atoms with Crippen LogP contribution in [0.15, 0.2) is 61.2 Å². The van der Waals surface area contributed by atoms with Crippen molar-refractivity contribution < 1.29 is 0 Å². The Morgan fingerprint density at radius 2 is 1.33 bits per heavy atom. The minimum absolute atomic E-state index is 0.777. The van der Waals surface area contributed by atoms with Gasteiger partial charge in [-0.15, -0.1) is 0 Å². The van der Waals surface area contributed by atoms with Crippen LogP contribution in [0.5, 0.6) is 0 Å². The van der Waals surface area contributed by atoms with Crippen molar-refractivity contribution in [3.63, 3.8) is 0 Å². The van der Waals surface area contributed by atoms with E-state index in [-0.39, 0.29) is 0 Å². The first kappa shape index (κ1) is 9.53. The molecule has 0 saturated heterocycles. The maximum atomic E-state index is 5.64. The molecule has 0 aromatic heterocycles. The third-order valence-corrected chi connectivity index (χ3v) is 2.38. The molecular weight excluding hydrogens is 182 g/mol. The first-order valence-electron chi connectivity index (χ1n) is 4.87. The quantitative estimate of drug-likeness (QED) is 0.731. The van der Waals surface area contributed by atoms with E-state index in [1.54, 1.807) is 0 Å². The molecule has 0 fully saturated rings. The van der Waals surface area contributed by atoms with Gasteiger partial charge < -0.3 is 5.73 Å². The van der Waals surface area contributed by atoms with Gasteiger partial charge in [-0.3, -0.25) is 0 Å². The molecule has 1 nitrogen and oxygen atoms in total. The highest BCUT2D eigenvalue weighted by Gasteiger charge is 2.00. The van der Waals surface area contributed by atoms with Gasteiger partial charge in [-0.25, -0.2) is 0 Å². The van der Waals surface area contributed by atoms with Gasteiger partial charge in [0.2, 0.25) is 0 Å². The molecule has 0 heterocycles. The molecule has 2 N–H and O–H groups in total. The van der Waals surface area contributed by atoms with Gasteiger partial charge in [0.1, 0.15) is 0 Å². The molecule has 74 valence electrons. The summed E-state index contributed by atoms with van der Waals surface area (Å²) in [7, 11) is 0. The monoisotopic (exact) mass is 195 g/mol. The van der Waals surface area contributed by atoms with Crippen LogP contribution >= 0.6 is 0 Å². The van der Waals surface area contributed by atoms with Crippen LogP contribution in [0.2, 0.25) is 0 Å². The van der Waals surface area contributed by atoms with Crippen LogP contribution in [0.1, 0.15) is 11.1 Å². The summed E-state index contributed by atoms with van der Waals surface area (Å²) in [4.78, 5) is 0. The Morgan fingerprint density at radius 3 is 1.93 bits per heavy atom. The van der Waals surface area contributed by atoms with Gasteiger partial charge in [0.25, 0.3) is 0 Å². The first-order valence-corrected chi connectivity index (χ1v) is 4.87. The normalized spacial score (nSPS) is 9.87. The van der Waals surface area contributed by atoms with E-state index in [2.05, 4.69) is 18.7 Å². The van der Waals surface area contributed by atoms with Crippen LogP contribution in [0.25, 0.3) is 5.57 Å². The average Bonchev–Trinajstić information content (AvgIpc) is 2.30. The third-order valence-electron chi connectivity index (χ3n) is 2.38. The van der Waals surface area contributed by atoms with Crippen LogP contribution < -0.4 is 5.73 Å². The maximum absolute atomic E-state index is 5.64. The van der Waals surface area contributed by atoms with Gasteiger partial charge >= 0.3 is 0 Å². The number of anilines is 1. The van der Waals surface area contributed by atoms with Gasteiger partial charge in [-0.2, -0.15) is 0 Å². The second kappa shape index (κ2) is 4.01. The Morgan fingerprint density at radius 1 is 0.800 bits per heavy atom. The number of nitrogens with two attached hydrogens (primary N) is 1. The molecule has 0 aliphatic heterocycles. The van der Waals surface area contributed by atoms with Crippen LogP contribution in [0.3, 0.4) is 0 Å². The fraction of sp³-hybridized carbons (Fsp3) is 0. The molecule has 0 unspecified atom stereocenters. The molecule has 15 heavy (non-hydrogen) atoms. The molecule has 2 rings (SSSR count). The largest absolute Gasteiger partial charge is 0.399 e. The van der Waals surface area contributed by atoms with Gasteiger partial charge in [-0.05, 0) is 28.8 Å². The second-order valence-corrected chi connectivity index (χ2v) is 3.47. The lowest BCUT2D eigenvalue weighted by atomic mass is 10.00. The number of hydrogen-bond donors (Lipinski definition) is 1. The third kappa shape index (κ3) is 2.08. The fourth-order valence-corrected chi connectivity index (χ4v) is 1.49. The predicted octanol–water partition coefficient (Wildman–Crippen LogP) is 3.33. The van der Waals surface area contributed by atoms with Crippen molar-refractivity contribution in [3.05, 3.63) is 72.3 Å². The summed E-state index contributed by atoms with van der Waals surface area (Å²) in [5, 5.41) is 0. The summed E-state index contributed by atoms with van der Waals surface area (Å²) < 4.78 is 0. The van der Waals surface area contributed by atoms with E-state index >= 15 is 0 Å². The molecule has 0 saturated carbocycles. The summed E-state index contributed by atoms with van der Waals surface area (Å²) >= 11 is 0. The smallest absolute Gasteiger partial charge is 0.0314 e. The van der Waals surface area contributed by atoms with E-state index in [4.69, 9.17) is 5.73 Å². The Balaban J connectivity index is 2.33. The Kier molecular flexibility index (Phi) is 2.55. The summed E-state index contributed by atoms with van der Waals surface area (Å²) in [6.07, 6.45) is 0. The van der Waals surface area contributed by atoms with Gasteiger partial charge in [0.05, 0.1) is 0 Å². The van der Waals surface area contributed by atoms with E-state index in [0.29, 0.717) is 0 Å². The molecule has 2 aromatic rings. The predicted molar refractivity (Wildman–Crippen MR) is 65.4 cm³/mol. The van der Waals surface area contributed by atoms with Crippen molar-refractivity contribution >= 4 is 11.3 Å². The van der Waals surface area contributed by atoms with Crippen LogP contribution in [0.4, 0.5) is 5.69 Å². The summed E-state index contributed by atoms with van der Waals surface area (Å²) in [6, 6.07) is 17.9. The van der Waals surface area contributed by atoms with Gasteiger partial charge in [0, 0.05) is 5.69 Å². The number of nitrogen functional groups attached to an aromatic ring is 1. The number of hydrogen-bond acceptors (Lipinski definition) is 1. The molecular formula is C14H13N. The molecule has 0 amide bonds. The summed E-state index contributed by atoms with van der Waals surface area (Å²) in [6.45, 7) is 4.08. The SMILES string of the molecule is C=C(c1ccccc1)c1ccc(N)cc1. The van der Waals surface area contributed by atoms with E-state index in [9.17, 15) is 0 Å². The minimum atomic E-state index is 0.777. The highest BCUT2D eigenvalue weighted by molar-refractivity contribution is 5.78. The fourth-order valence-electron chi connectivity index (χ4n) is 1.49. The molecule has 0 bridgehead atoms. The zero-order chi connectivity index (χ0) is 10.7. The van der Waals surface area contributed by atoms with Crippen molar-refractivity contribution in [2.45, 2.75) is 0 Å². The Bertz CT molecular complexity index is 454. The van der Waals surface area contributed by atoms with Crippen molar-refractivity contribution in [2.75, 3.05) is 5.73 Å². The molecule has 0 spiro atoms. The highest BCUT2D eigenvalue weighted by atomic mass is 14.5. The second-order valence-electron chi connectivity index (χ2n) is 3.47. The van der Waals surface area contributed by atoms with Gasteiger partial charge in [0.15, 0.2) is 0 Å². The molecule has 2 aromatic carbocycles. The van der Waals surface area contributed by atoms with E-state index in [1.165, 1.54) is 0 Å². The first-order chi connectivity index (χ1) is 7.27. The number of rotatable bonds is 2. The zero-order valence-corrected chi connectivity index (χ0v) is 8.48. The topological polar surface area (TPSA) is 26.0 Å². The lowest BCUT2D eigenvalue weighted by molar-refractivity contribution is 1.55. The Hall–Kier alpha value is -2.02. The molecule has 0 radical (unpaired) electrons. The standard InChI is InChI=1S/C14H13N/c1-11(12-5-3-2-4-6-12)13-7-9-14(15)10-8-13/h2-10H,1,15H2. The lowest BCUT2D eigenvalue weighted by Crippen LogP contribution is -1.88. The zero-order valence-electron chi connectivity index (χ0n) is 8.48. The van der Waals surface area contributed by atoms with Crippen LogP contribution in [-0.4, -0.2) is 0 Å².